The molecular weight excluding hydrogens is 459 g/mol. The fourth-order valence-electron chi connectivity index (χ4n) is 4.16. The van der Waals surface area contributed by atoms with E-state index in [1.165, 1.54) is 0 Å². The molecule has 1 N–H and O–H groups in total. The van der Waals surface area contributed by atoms with Gasteiger partial charge >= 0.3 is 12.1 Å². The van der Waals surface area contributed by atoms with E-state index in [0.29, 0.717) is 41.9 Å². The van der Waals surface area contributed by atoms with Gasteiger partial charge in [0.25, 0.3) is 5.91 Å². The normalized spacial score (nSPS) is 15.9. The number of hydrogen-bond donors (Lipinski definition) is 1. The Balaban J connectivity index is 1.65. The molecule has 174 valence electrons. The van der Waals surface area contributed by atoms with Crippen LogP contribution in [-0.2, 0) is 9.53 Å². The number of pyridine rings is 1. The van der Waals surface area contributed by atoms with Crippen LogP contribution in [0.5, 0.6) is 0 Å². The van der Waals surface area contributed by atoms with Crippen molar-refractivity contribution in [2.24, 2.45) is 0 Å². The number of benzene rings is 1. The summed E-state index contributed by atoms with van der Waals surface area (Å²) in [5, 5.41) is 3.35. The number of imidazole rings is 1. The van der Waals surface area contributed by atoms with Gasteiger partial charge in [-0.3, -0.25) is 9.20 Å². The highest BCUT2D eigenvalue weighted by atomic mass is 35.5. The number of halogens is 4. The van der Waals surface area contributed by atoms with Crippen LogP contribution in [0.3, 0.4) is 0 Å². The summed E-state index contributed by atoms with van der Waals surface area (Å²) >= 11 is 6.12. The Morgan fingerprint density at radius 3 is 2.58 bits per heavy atom. The van der Waals surface area contributed by atoms with Crippen LogP contribution in [0.1, 0.15) is 42.7 Å². The number of aromatic nitrogens is 2. The maximum absolute atomic E-state index is 13.3. The molecule has 2 heterocycles. The number of fused-ring (bicyclic) bond motifs is 1. The highest BCUT2D eigenvalue weighted by Gasteiger charge is 2.44. The van der Waals surface area contributed by atoms with Crippen LogP contribution in [0.4, 0.5) is 13.2 Å². The Morgan fingerprint density at radius 1 is 1.12 bits per heavy atom. The first-order valence-corrected chi connectivity index (χ1v) is 10.9. The molecule has 0 radical (unpaired) electrons. The molecule has 0 unspecified atom stereocenters. The van der Waals surface area contributed by atoms with Gasteiger partial charge in [0.1, 0.15) is 6.61 Å². The van der Waals surface area contributed by atoms with Crippen LogP contribution in [0, 0.1) is 0 Å². The zero-order valence-electron chi connectivity index (χ0n) is 17.5. The standard InChI is InChI=1S/C23H21ClF3N3O3/c24-16-8-6-7-15(13-16)18-17-9-2-5-12-30(17)19(28-18)20(31)29-22(10-3-1-4-11-22)14-33-21(32)23(25,26)27/h2,5-9,12-13H,1,3-4,10-11,14H2,(H,29,31). The molecule has 33 heavy (non-hydrogen) atoms. The third-order valence-electron chi connectivity index (χ3n) is 5.75. The summed E-state index contributed by atoms with van der Waals surface area (Å²) in [5.74, 6) is -2.75. The Bertz CT molecular complexity index is 1190. The van der Waals surface area contributed by atoms with E-state index in [9.17, 15) is 22.8 Å². The van der Waals surface area contributed by atoms with Crippen molar-refractivity contribution in [1.29, 1.82) is 0 Å². The molecule has 1 aliphatic carbocycles. The first-order chi connectivity index (χ1) is 15.7. The second-order valence-electron chi connectivity index (χ2n) is 8.12. The van der Waals surface area contributed by atoms with Gasteiger partial charge in [0, 0.05) is 16.8 Å². The number of nitrogens with zero attached hydrogens (tertiary/aromatic N) is 2. The summed E-state index contributed by atoms with van der Waals surface area (Å²) in [6, 6.07) is 12.4. The lowest BCUT2D eigenvalue weighted by Gasteiger charge is -2.37. The van der Waals surface area contributed by atoms with E-state index in [-0.39, 0.29) is 5.82 Å². The van der Waals surface area contributed by atoms with E-state index >= 15 is 0 Å². The summed E-state index contributed by atoms with van der Waals surface area (Å²) in [4.78, 5) is 29.1. The third kappa shape index (κ3) is 4.98. The largest absolute Gasteiger partial charge is 0.490 e. The molecule has 3 aromatic rings. The molecule has 2 aromatic heterocycles. The number of esters is 1. The van der Waals surface area contributed by atoms with Gasteiger partial charge in [-0.1, -0.05) is 49.1 Å². The van der Waals surface area contributed by atoms with Crippen molar-refractivity contribution in [3.63, 3.8) is 0 Å². The van der Waals surface area contributed by atoms with Crippen molar-refractivity contribution < 1.29 is 27.5 Å². The Labute approximate surface area is 192 Å². The first kappa shape index (κ1) is 23.1. The van der Waals surface area contributed by atoms with E-state index in [4.69, 9.17) is 11.6 Å². The van der Waals surface area contributed by atoms with Gasteiger partial charge < -0.3 is 10.1 Å². The number of carbonyl (C=O) groups excluding carboxylic acids is 2. The van der Waals surface area contributed by atoms with Crippen LogP contribution >= 0.6 is 11.6 Å². The lowest BCUT2D eigenvalue weighted by Crippen LogP contribution is -2.54. The minimum Gasteiger partial charge on any atom is -0.457 e. The van der Waals surface area contributed by atoms with Gasteiger partial charge in [-0.15, -0.1) is 0 Å². The molecular formula is C23H21ClF3N3O3. The topological polar surface area (TPSA) is 72.7 Å². The molecule has 1 aromatic carbocycles. The molecule has 1 amide bonds. The van der Waals surface area contributed by atoms with Crippen molar-refractivity contribution in [3.8, 4) is 11.3 Å². The van der Waals surface area contributed by atoms with E-state index in [1.807, 2.05) is 18.2 Å². The average molecular weight is 480 g/mol. The lowest BCUT2D eigenvalue weighted by molar-refractivity contribution is -0.201. The Hall–Kier alpha value is -3.07. The molecule has 0 spiro atoms. The zero-order valence-corrected chi connectivity index (χ0v) is 18.2. The van der Waals surface area contributed by atoms with Gasteiger partial charge in [0.05, 0.1) is 16.7 Å². The summed E-state index contributed by atoms with van der Waals surface area (Å²) in [6.07, 6.45) is -0.341. The number of rotatable bonds is 5. The fourth-order valence-corrected chi connectivity index (χ4v) is 4.35. The van der Waals surface area contributed by atoms with Crippen molar-refractivity contribution in [2.45, 2.75) is 43.8 Å². The predicted molar refractivity (Wildman–Crippen MR) is 116 cm³/mol. The molecule has 1 aliphatic rings. The van der Waals surface area contributed by atoms with E-state index < -0.39 is 30.2 Å². The SMILES string of the molecule is O=C(NC1(COC(=O)C(F)(F)F)CCCCC1)c1nc(-c2cccc(Cl)c2)c2ccccn12. The molecule has 10 heteroatoms. The molecule has 6 nitrogen and oxygen atoms in total. The van der Waals surface area contributed by atoms with Gasteiger partial charge in [0.15, 0.2) is 0 Å². The van der Waals surface area contributed by atoms with Gasteiger partial charge in [0.2, 0.25) is 5.82 Å². The lowest BCUT2D eigenvalue weighted by atomic mass is 9.82. The minimum absolute atomic E-state index is 0.0765. The maximum Gasteiger partial charge on any atom is 0.490 e. The monoisotopic (exact) mass is 479 g/mol. The first-order valence-electron chi connectivity index (χ1n) is 10.5. The van der Waals surface area contributed by atoms with E-state index in [2.05, 4.69) is 15.0 Å². The van der Waals surface area contributed by atoms with Gasteiger partial charge in [-0.2, -0.15) is 13.2 Å². The van der Waals surface area contributed by atoms with Crippen LogP contribution < -0.4 is 5.32 Å². The van der Waals surface area contributed by atoms with Gasteiger partial charge in [-0.05, 0) is 37.1 Å². The summed E-state index contributed by atoms with van der Waals surface area (Å²) in [5.41, 5.74) is 0.847. The van der Waals surface area contributed by atoms with Crippen LogP contribution in [0.25, 0.3) is 16.8 Å². The number of alkyl halides is 3. The number of carbonyl (C=O) groups is 2. The van der Waals surface area contributed by atoms with Crippen LogP contribution in [0.15, 0.2) is 48.7 Å². The number of nitrogens with one attached hydrogen (secondary N) is 1. The van der Waals surface area contributed by atoms with Crippen molar-refractivity contribution in [1.82, 2.24) is 14.7 Å². The molecule has 4 rings (SSSR count). The second-order valence-corrected chi connectivity index (χ2v) is 8.56. The van der Waals surface area contributed by atoms with E-state index in [1.54, 1.807) is 34.9 Å². The predicted octanol–water partition coefficient (Wildman–Crippen LogP) is 5.19. The Kier molecular flexibility index (Phi) is 6.34. The fraction of sp³-hybridized carbons (Fsp3) is 0.348. The molecule has 0 atom stereocenters. The summed E-state index contributed by atoms with van der Waals surface area (Å²) < 4.78 is 44.1. The van der Waals surface area contributed by atoms with Gasteiger partial charge in [-0.25, -0.2) is 9.78 Å². The summed E-state index contributed by atoms with van der Waals surface area (Å²) in [7, 11) is 0. The second kappa shape index (κ2) is 9.05. The van der Waals surface area contributed by atoms with Crippen LogP contribution in [0.2, 0.25) is 5.02 Å². The zero-order chi connectivity index (χ0) is 23.6. The molecule has 0 saturated heterocycles. The molecule has 1 saturated carbocycles. The van der Waals surface area contributed by atoms with E-state index in [0.717, 1.165) is 12.0 Å². The Morgan fingerprint density at radius 2 is 1.88 bits per heavy atom. The smallest absolute Gasteiger partial charge is 0.457 e. The maximum atomic E-state index is 13.3. The van der Waals surface area contributed by atoms with Crippen LogP contribution in [-0.4, -0.2) is 39.6 Å². The highest BCUT2D eigenvalue weighted by molar-refractivity contribution is 6.30. The van der Waals surface area contributed by atoms with Crippen molar-refractivity contribution >= 4 is 29.0 Å². The molecule has 1 fully saturated rings. The van der Waals surface area contributed by atoms with Crippen molar-refractivity contribution in [2.75, 3.05) is 6.61 Å². The minimum atomic E-state index is -5.09. The quantitative estimate of drug-likeness (QED) is 0.511. The van der Waals surface area contributed by atoms with Crippen molar-refractivity contribution in [3.05, 3.63) is 59.5 Å². The number of ether oxygens (including phenoxy) is 1. The number of amides is 1. The average Bonchev–Trinajstić information content (AvgIpc) is 3.17. The summed E-state index contributed by atoms with van der Waals surface area (Å²) in [6.45, 7) is -0.554. The highest BCUT2D eigenvalue weighted by Crippen LogP contribution is 2.31. The third-order valence-corrected chi connectivity index (χ3v) is 5.99. The molecule has 0 bridgehead atoms. The molecule has 0 aliphatic heterocycles. The number of hydrogen-bond acceptors (Lipinski definition) is 4.